The highest BCUT2D eigenvalue weighted by Gasteiger charge is 2.31. The second kappa shape index (κ2) is 12.5. The van der Waals surface area contributed by atoms with E-state index in [1.165, 1.54) is 11.8 Å². The van der Waals surface area contributed by atoms with Gasteiger partial charge in [-0.3, -0.25) is 19.3 Å². The van der Waals surface area contributed by atoms with Crippen LogP contribution < -0.4 is 0 Å². The second-order valence-corrected chi connectivity index (χ2v) is 8.77. The van der Waals surface area contributed by atoms with Gasteiger partial charge in [-0.25, -0.2) is 0 Å². The number of carboxylic acids is 1. The number of aldehydes is 1. The average Bonchev–Trinajstić information content (AvgIpc) is 2.96. The molecule has 0 spiro atoms. The van der Waals surface area contributed by atoms with Gasteiger partial charge in [0, 0.05) is 18.5 Å². The lowest BCUT2D eigenvalue weighted by Gasteiger charge is -2.14. The molecule has 0 saturated carbocycles. The number of amides is 1. The third kappa shape index (κ3) is 8.11. The monoisotopic (exact) mass is 433 g/mol. The molecule has 0 radical (unpaired) electrons. The Morgan fingerprint density at radius 1 is 0.966 bits per heavy atom. The van der Waals surface area contributed by atoms with Gasteiger partial charge in [0.1, 0.15) is 10.6 Å². The normalized spacial score (nSPS) is 15.3. The molecule has 1 aliphatic rings. The Kier molecular flexibility index (Phi) is 10.1. The van der Waals surface area contributed by atoms with E-state index in [9.17, 15) is 14.4 Å². The number of benzene rings is 1. The van der Waals surface area contributed by atoms with Crippen molar-refractivity contribution in [3.63, 3.8) is 0 Å². The Hall–Kier alpha value is -1.99. The Morgan fingerprint density at radius 2 is 1.52 bits per heavy atom. The average molecular weight is 434 g/mol. The van der Waals surface area contributed by atoms with Crippen molar-refractivity contribution in [1.29, 1.82) is 0 Å². The van der Waals surface area contributed by atoms with Crippen LogP contribution >= 0.6 is 24.0 Å². The van der Waals surface area contributed by atoms with Gasteiger partial charge in [-0.2, -0.15) is 0 Å². The Labute approximate surface area is 181 Å². The maximum atomic E-state index is 12.6. The van der Waals surface area contributed by atoms with E-state index in [0.29, 0.717) is 21.3 Å². The molecule has 0 atom stereocenters. The van der Waals surface area contributed by atoms with Crippen molar-refractivity contribution in [2.45, 2.75) is 57.8 Å². The number of carboxylic acid groups (broad SMARTS) is 1. The third-order valence-corrected chi connectivity index (χ3v) is 6.14. The number of unbranched alkanes of at least 4 members (excludes halogenated alkanes) is 7. The predicted molar refractivity (Wildman–Crippen MR) is 121 cm³/mol. The molecule has 1 N–H and O–H groups in total. The fourth-order valence-electron chi connectivity index (χ4n) is 3.12. The minimum absolute atomic E-state index is 0.0436. The molecule has 1 amide bonds. The summed E-state index contributed by atoms with van der Waals surface area (Å²) in [7, 11) is 0. The first-order valence-electron chi connectivity index (χ1n) is 10.0. The number of aliphatic carboxylic acids is 1. The summed E-state index contributed by atoms with van der Waals surface area (Å²) in [5, 5.41) is 8.60. The highest BCUT2D eigenvalue weighted by Crippen LogP contribution is 2.32. The van der Waals surface area contributed by atoms with Crippen molar-refractivity contribution >= 4 is 52.5 Å². The fraction of sp³-hybridized carbons (Fsp3) is 0.455. The molecule has 1 saturated heterocycles. The maximum Gasteiger partial charge on any atom is 0.303 e. The topological polar surface area (TPSA) is 74.7 Å². The Balaban J connectivity index is 1.66. The van der Waals surface area contributed by atoms with E-state index in [-0.39, 0.29) is 12.3 Å². The molecular formula is C22H27NO4S2. The van der Waals surface area contributed by atoms with Crippen LogP contribution in [-0.4, -0.2) is 39.0 Å². The molecule has 1 aromatic rings. The molecule has 0 aliphatic carbocycles. The number of hydrogen-bond donors (Lipinski definition) is 1. The summed E-state index contributed by atoms with van der Waals surface area (Å²) < 4.78 is 0.601. The van der Waals surface area contributed by atoms with Crippen molar-refractivity contribution in [2.75, 3.05) is 6.54 Å². The molecular weight excluding hydrogens is 406 g/mol. The molecule has 1 aromatic carbocycles. The molecule has 7 heteroatoms. The van der Waals surface area contributed by atoms with Gasteiger partial charge in [0.15, 0.2) is 0 Å². The van der Waals surface area contributed by atoms with Crippen LogP contribution in [0, 0.1) is 0 Å². The first-order valence-corrected chi connectivity index (χ1v) is 11.3. The molecule has 0 bridgehead atoms. The predicted octanol–water partition coefficient (Wildman–Crippen LogP) is 5.30. The lowest BCUT2D eigenvalue weighted by atomic mass is 10.1. The van der Waals surface area contributed by atoms with E-state index in [4.69, 9.17) is 17.3 Å². The highest BCUT2D eigenvalue weighted by molar-refractivity contribution is 8.26. The fourth-order valence-corrected chi connectivity index (χ4v) is 4.43. The summed E-state index contributed by atoms with van der Waals surface area (Å²) in [6.07, 6.45) is 11.1. The van der Waals surface area contributed by atoms with E-state index >= 15 is 0 Å². The number of thioether (sulfide) groups is 1. The van der Waals surface area contributed by atoms with E-state index in [1.54, 1.807) is 17.0 Å². The number of rotatable bonds is 13. The standard InChI is InChI=1S/C22H27NO4S2/c24-16-18-12-10-17(11-13-18)15-19-21(27)23(22(28)29-19)14-8-6-4-2-1-3-5-7-9-20(25)26/h10-13,15-16H,1-9,14H2,(H,25,26)/b19-15-. The van der Waals surface area contributed by atoms with Crippen LogP contribution in [-0.2, 0) is 9.59 Å². The Bertz CT molecular complexity index is 759. The lowest BCUT2D eigenvalue weighted by molar-refractivity contribution is -0.137. The van der Waals surface area contributed by atoms with Gasteiger partial charge in [0.2, 0.25) is 0 Å². The summed E-state index contributed by atoms with van der Waals surface area (Å²) >= 11 is 6.69. The summed E-state index contributed by atoms with van der Waals surface area (Å²) in [6, 6.07) is 7.09. The number of carbonyl (C=O) groups is 3. The molecule has 5 nitrogen and oxygen atoms in total. The maximum absolute atomic E-state index is 12.6. The third-order valence-electron chi connectivity index (χ3n) is 4.77. The van der Waals surface area contributed by atoms with E-state index in [0.717, 1.165) is 63.2 Å². The first kappa shape index (κ1) is 23.3. The summed E-state index contributed by atoms with van der Waals surface area (Å²) in [5.74, 6) is -0.760. The molecule has 1 fully saturated rings. The second-order valence-electron chi connectivity index (χ2n) is 7.09. The summed E-state index contributed by atoms with van der Waals surface area (Å²) in [6.45, 7) is 0.644. The van der Waals surface area contributed by atoms with Gasteiger partial charge in [-0.05, 0) is 24.5 Å². The van der Waals surface area contributed by atoms with Crippen LogP contribution in [0.3, 0.4) is 0 Å². The van der Waals surface area contributed by atoms with E-state index in [1.807, 2.05) is 18.2 Å². The van der Waals surface area contributed by atoms with Crippen LogP contribution in [0.5, 0.6) is 0 Å². The number of hydrogen-bond acceptors (Lipinski definition) is 5. The summed E-state index contributed by atoms with van der Waals surface area (Å²) in [5.41, 5.74) is 1.48. The smallest absolute Gasteiger partial charge is 0.303 e. The van der Waals surface area contributed by atoms with Crippen LogP contribution in [0.1, 0.15) is 73.7 Å². The van der Waals surface area contributed by atoms with Crippen molar-refractivity contribution < 1.29 is 19.5 Å². The van der Waals surface area contributed by atoms with Crippen LogP contribution in [0.25, 0.3) is 6.08 Å². The van der Waals surface area contributed by atoms with Gasteiger partial charge in [-0.1, -0.05) is 86.8 Å². The number of carbonyl (C=O) groups excluding carboxylic acids is 2. The molecule has 1 aliphatic heterocycles. The van der Waals surface area contributed by atoms with Crippen molar-refractivity contribution in [1.82, 2.24) is 4.90 Å². The zero-order valence-electron chi connectivity index (χ0n) is 16.5. The van der Waals surface area contributed by atoms with Crippen LogP contribution in [0.4, 0.5) is 0 Å². The molecule has 2 rings (SSSR count). The molecule has 156 valence electrons. The van der Waals surface area contributed by atoms with Gasteiger partial charge in [0.05, 0.1) is 4.91 Å². The highest BCUT2D eigenvalue weighted by atomic mass is 32.2. The van der Waals surface area contributed by atoms with Gasteiger partial charge in [-0.15, -0.1) is 0 Å². The van der Waals surface area contributed by atoms with Crippen LogP contribution in [0.15, 0.2) is 29.2 Å². The largest absolute Gasteiger partial charge is 0.481 e. The molecule has 1 heterocycles. The zero-order chi connectivity index (χ0) is 21.1. The number of nitrogens with zero attached hydrogens (tertiary/aromatic N) is 1. The Morgan fingerprint density at radius 3 is 2.10 bits per heavy atom. The SMILES string of the molecule is O=Cc1ccc(/C=C2\SC(=S)N(CCCCCCCCCCC(=O)O)C2=O)cc1. The zero-order valence-corrected chi connectivity index (χ0v) is 18.1. The quantitative estimate of drug-likeness (QED) is 0.197. The first-order chi connectivity index (χ1) is 14.0. The molecule has 29 heavy (non-hydrogen) atoms. The van der Waals surface area contributed by atoms with Crippen molar-refractivity contribution in [2.24, 2.45) is 0 Å². The van der Waals surface area contributed by atoms with Crippen molar-refractivity contribution in [3.05, 3.63) is 40.3 Å². The molecule has 0 aromatic heterocycles. The van der Waals surface area contributed by atoms with Gasteiger partial charge in [0.25, 0.3) is 5.91 Å². The van der Waals surface area contributed by atoms with Gasteiger partial charge >= 0.3 is 5.97 Å². The minimum atomic E-state index is -0.716. The van der Waals surface area contributed by atoms with Crippen LogP contribution in [0.2, 0.25) is 0 Å². The molecule has 0 unspecified atom stereocenters. The minimum Gasteiger partial charge on any atom is -0.481 e. The number of thiocarbonyl (C=S) groups is 1. The van der Waals surface area contributed by atoms with Crippen molar-refractivity contribution in [3.8, 4) is 0 Å². The van der Waals surface area contributed by atoms with E-state index in [2.05, 4.69) is 0 Å². The summed E-state index contributed by atoms with van der Waals surface area (Å²) in [4.78, 5) is 36.1. The lowest BCUT2D eigenvalue weighted by Crippen LogP contribution is -2.29. The van der Waals surface area contributed by atoms with Gasteiger partial charge < -0.3 is 5.11 Å². The van der Waals surface area contributed by atoms with E-state index < -0.39 is 5.97 Å².